The number of hydrogen-bond acceptors (Lipinski definition) is 3. The van der Waals surface area contributed by atoms with Crippen LogP contribution in [0.25, 0.3) is 0 Å². The Bertz CT molecular complexity index is 243. The van der Waals surface area contributed by atoms with Crippen LogP contribution in [0.1, 0.15) is 25.7 Å². The maximum atomic E-state index is 11.1. The first-order valence-corrected chi connectivity index (χ1v) is 4.43. The molecule has 0 aromatic heterocycles. The fraction of sp³-hybridized carbons (Fsp3) is 0.778. The van der Waals surface area contributed by atoms with Crippen molar-refractivity contribution >= 4 is 5.97 Å². The third kappa shape index (κ3) is 0.989. The molecule has 1 saturated carbocycles. The second kappa shape index (κ2) is 2.78. The minimum Gasteiger partial charge on any atom is -0.461 e. The van der Waals surface area contributed by atoms with Gasteiger partial charge in [0.1, 0.15) is 12.0 Å². The average Bonchev–Trinajstić information content (AvgIpc) is 2.40. The van der Waals surface area contributed by atoms with Crippen molar-refractivity contribution in [2.45, 2.75) is 31.8 Å². The molecule has 1 aliphatic heterocycles. The lowest BCUT2D eigenvalue weighted by atomic mass is 9.81. The first-order valence-electron chi connectivity index (χ1n) is 4.43. The van der Waals surface area contributed by atoms with E-state index in [2.05, 4.69) is 0 Å². The number of hydrogen-bond donors (Lipinski definition) is 0. The standard InChI is InChI=1S/C9H11NO2/c10-5-7-6-3-1-2-4-8(6)12-9(7)11/h6-8H,1-4H2/t6-,7+,8-/m1/s1. The Morgan fingerprint density at radius 3 is 2.92 bits per heavy atom. The van der Waals surface area contributed by atoms with Crippen molar-refractivity contribution in [2.24, 2.45) is 11.8 Å². The lowest BCUT2D eigenvalue weighted by molar-refractivity contribution is -0.143. The van der Waals surface area contributed by atoms with E-state index < -0.39 is 5.92 Å². The number of carbonyl (C=O) groups is 1. The fourth-order valence-electron chi connectivity index (χ4n) is 2.20. The molecule has 3 nitrogen and oxygen atoms in total. The van der Waals surface area contributed by atoms with E-state index in [-0.39, 0.29) is 18.0 Å². The molecule has 0 unspecified atom stereocenters. The van der Waals surface area contributed by atoms with Gasteiger partial charge in [-0.2, -0.15) is 5.26 Å². The molecular weight excluding hydrogens is 154 g/mol. The van der Waals surface area contributed by atoms with Crippen LogP contribution in [0.5, 0.6) is 0 Å². The number of nitrogens with zero attached hydrogens (tertiary/aromatic N) is 1. The molecule has 0 N–H and O–H groups in total. The highest BCUT2D eigenvalue weighted by molar-refractivity contribution is 5.78. The number of fused-ring (bicyclic) bond motifs is 1. The summed E-state index contributed by atoms with van der Waals surface area (Å²) in [7, 11) is 0. The Balaban J connectivity index is 2.17. The largest absolute Gasteiger partial charge is 0.461 e. The summed E-state index contributed by atoms with van der Waals surface area (Å²) in [5, 5.41) is 8.72. The molecule has 1 heterocycles. The number of nitriles is 1. The van der Waals surface area contributed by atoms with E-state index in [0.717, 1.165) is 25.7 Å². The third-order valence-corrected chi connectivity index (χ3v) is 2.84. The Labute approximate surface area is 71.3 Å². The van der Waals surface area contributed by atoms with Gasteiger partial charge in [-0.25, -0.2) is 0 Å². The number of ether oxygens (including phenoxy) is 1. The monoisotopic (exact) mass is 165 g/mol. The molecule has 0 radical (unpaired) electrons. The van der Waals surface area contributed by atoms with Gasteiger partial charge < -0.3 is 4.74 Å². The highest BCUT2D eigenvalue weighted by Gasteiger charge is 2.45. The molecule has 0 aromatic rings. The highest BCUT2D eigenvalue weighted by atomic mass is 16.6. The summed E-state index contributed by atoms with van der Waals surface area (Å²) in [6.45, 7) is 0. The molecule has 2 rings (SSSR count). The van der Waals surface area contributed by atoms with Gasteiger partial charge in [0.15, 0.2) is 0 Å². The molecule has 3 atom stereocenters. The second-order valence-electron chi connectivity index (χ2n) is 3.53. The number of esters is 1. The van der Waals surface area contributed by atoms with Crippen LogP contribution in [-0.4, -0.2) is 12.1 Å². The van der Waals surface area contributed by atoms with Crippen LogP contribution in [0.15, 0.2) is 0 Å². The van der Waals surface area contributed by atoms with Gasteiger partial charge in [-0.15, -0.1) is 0 Å². The van der Waals surface area contributed by atoms with E-state index >= 15 is 0 Å². The lowest BCUT2D eigenvalue weighted by Gasteiger charge is -2.22. The van der Waals surface area contributed by atoms with Crippen LogP contribution in [0.3, 0.4) is 0 Å². The molecule has 1 aliphatic carbocycles. The average molecular weight is 165 g/mol. The van der Waals surface area contributed by atoms with Crippen molar-refractivity contribution in [1.29, 1.82) is 5.26 Å². The minimum absolute atomic E-state index is 0.0518. The Kier molecular flexibility index (Phi) is 1.76. The van der Waals surface area contributed by atoms with Crippen LogP contribution >= 0.6 is 0 Å². The van der Waals surface area contributed by atoms with E-state index in [9.17, 15) is 4.79 Å². The van der Waals surface area contributed by atoms with Gasteiger partial charge in [-0.05, 0) is 19.3 Å². The van der Waals surface area contributed by atoms with Gasteiger partial charge in [0.25, 0.3) is 0 Å². The Hall–Kier alpha value is -1.04. The van der Waals surface area contributed by atoms with Gasteiger partial charge in [-0.3, -0.25) is 4.79 Å². The van der Waals surface area contributed by atoms with Gasteiger partial charge in [0.2, 0.25) is 0 Å². The maximum absolute atomic E-state index is 11.1. The van der Waals surface area contributed by atoms with Crippen LogP contribution in [0.2, 0.25) is 0 Å². The predicted octanol–water partition coefficient (Wildman–Crippen LogP) is 1.24. The smallest absolute Gasteiger partial charge is 0.324 e. The third-order valence-electron chi connectivity index (χ3n) is 2.84. The van der Waals surface area contributed by atoms with Crippen molar-refractivity contribution in [1.82, 2.24) is 0 Å². The molecule has 0 amide bonds. The molecule has 0 spiro atoms. The van der Waals surface area contributed by atoms with Crippen molar-refractivity contribution < 1.29 is 9.53 Å². The summed E-state index contributed by atoms with van der Waals surface area (Å²) in [6.07, 6.45) is 4.25. The minimum atomic E-state index is -0.477. The summed E-state index contributed by atoms with van der Waals surface area (Å²) in [5.74, 6) is -0.582. The Morgan fingerprint density at radius 1 is 1.42 bits per heavy atom. The summed E-state index contributed by atoms with van der Waals surface area (Å²) in [6, 6.07) is 2.04. The molecule has 0 bridgehead atoms. The van der Waals surface area contributed by atoms with Gasteiger partial charge in [0.05, 0.1) is 6.07 Å². The normalized spacial score (nSPS) is 39.9. The summed E-state index contributed by atoms with van der Waals surface area (Å²) >= 11 is 0. The zero-order valence-electron chi connectivity index (χ0n) is 6.82. The Morgan fingerprint density at radius 2 is 2.17 bits per heavy atom. The van der Waals surface area contributed by atoms with Crippen molar-refractivity contribution in [3.8, 4) is 6.07 Å². The second-order valence-corrected chi connectivity index (χ2v) is 3.53. The first kappa shape index (κ1) is 7.60. The van der Waals surface area contributed by atoms with Gasteiger partial charge in [-0.1, -0.05) is 6.42 Å². The molecule has 1 saturated heterocycles. The highest BCUT2D eigenvalue weighted by Crippen LogP contribution is 2.38. The van der Waals surface area contributed by atoms with Gasteiger partial charge >= 0.3 is 5.97 Å². The van der Waals surface area contributed by atoms with Crippen molar-refractivity contribution in [3.05, 3.63) is 0 Å². The molecule has 2 fully saturated rings. The summed E-state index contributed by atoms with van der Waals surface area (Å²) in [5.41, 5.74) is 0. The molecular formula is C9H11NO2. The summed E-state index contributed by atoms with van der Waals surface area (Å²) < 4.78 is 5.11. The van der Waals surface area contributed by atoms with E-state index in [1.54, 1.807) is 0 Å². The lowest BCUT2D eigenvalue weighted by Crippen LogP contribution is -2.23. The van der Waals surface area contributed by atoms with Crippen molar-refractivity contribution in [2.75, 3.05) is 0 Å². The maximum Gasteiger partial charge on any atom is 0.324 e. The molecule has 12 heavy (non-hydrogen) atoms. The zero-order chi connectivity index (χ0) is 8.55. The molecule has 2 aliphatic rings. The van der Waals surface area contributed by atoms with E-state index in [0.29, 0.717) is 0 Å². The van der Waals surface area contributed by atoms with Crippen LogP contribution in [0.4, 0.5) is 0 Å². The van der Waals surface area contributed by atoms with Crippen LogP contribution in [-0.2, 0) is 9.53 Å². The molecule has 64 valence electrons. The van der Waals surface area contributed by atoms with Crippen molar-refractivity contribution in [3.63, 3.8) is 0 Å². The zero-order valence-corrected chi connectivity index (χ0v) is 6.82. The van der Waals surface area contributed by atoms with E-state index in [1.807, 2.05) is 6.07 Å². The van der Waals surface area contributed by atoms with Crippen LogP contribution < -0.4 is 0 Å². The topological polar surface area (TPSA) is 50.1 Å². The van der Waals surface area contributed by atoms with Gasteiger partial charge in [0, 0.05) is 5.92 Å². The first-order chi connectivity index (χ1) is 5.83. The number of rotatable bonds is 0. The van der Waals surface area contributed by atoms with E-state index in [4.69, 9.17) is 10.00 Å². The molecule has 3 heteroatoms. The summed E-state index contributed by atoms with van der Waals surface area (Å²) in [4.78, 5) is 11.1. The fourth-order valence-corrected chi connectivity index (χ4v) is 2.20. The van der Waals surface area contributed by atoms with Crippen LogP contribution in [0, 0.1) is 23.2 Å². The SMILES string of the molecule is N#C[C@@H]1C(=O)O[C@@H]2CCCC[C@H]12. The molecule has 0 aromatic carbocycles. The number of carbonyl (C=O) groups excluding carboxylic acids is 1. The van der Waals surface area contributed by atoms with E-state index in [1.165, 1.54) is 0 Å². The quantitative estimate of drug-likeness (QED) is 0.507. The predicted molar refractivity (Wildman–Crippen MR) is 40.9 cm³/mol.